The monoisotopic (exact) mass is 526 g/mol. The molecule has 0 atom stereocenters. The number of esters is 1. The molecule has 3 nitrogen and oxygen atoms in total. The summed E-state index contributed by atoms with van der Waals surface area (Å²) in [4.78, 5) is 15.3. The van der Waals surface area contributed by atoms with E-state index in [9.17, 15) is 4.79 Å². The predicted octanol–water partition coefficient (Wildman–Crippen LogP) is 6.12. The third-order valence-electron chi connectivity index (χ3n) is 6.63. The average Bonchev–Trinajstić information content (AvgIpc) is 2.80. The fourth-order valence-corrected chi connectivity index (χ4v) is 6.43. The Morgan fingerprint density at radius 3 is 2.38 bits per heavy atom. The van der Waals surface area contributed by atoms with Crippen LogP contribution < -0.4 is 9.20 Å². The fourth-order valence-electron chi connectivity index (χ4n) is 4.46. The van der Waals surface area contributed by atoms with Crippen LogP contribution in [0.3, 0.4) is 0 Å². The molecule has 0 aliphatic heterocycles. The molecule has 0 fully saturated rings. The zero-order valence-corrected chi connectivity index (χ0v) is 23.3. The van der Waals surface area contributed by atoms with Gasteiger partial charge in [0.25, 0.3) is 0 Å². The summed E-state index contributed by atoms with van der Waals surface area (Å²) in [5.74, 6) is 4.00. The summed E-state index contributed by atoms with van der Waals surface area (Å²) in [6.45, 7) is 14.6. The first-order chi connectivity index (χ1) is 16.2. The van der Waals surface area contributed by atoms with Gasteiger partial charge >= 0.3 is 212 Å². The van der Waals surface area contributed by atoms with Crippen molar-refractivity contribution in [3.05, 3.63) is 58.7 Å². The van der Waals surface area contributed by atoms with E-state index in [-0.39, 0.29) is 31.8 Å². The molecule has 0 unspecified atom stereocenters. The molecule has 0 bridgehead atoms. The second-order valence-corrected chi connectivity index (χ2v) is 12.1. The van der Waals surface area contributed by atoms with Crippen LogP contribution in [0, 0.1) is 10.7 Å². The Labute approximate surface area is 212 Å². The first-order valence-electron chi connectivity index (χ1n) is 12.4. The number of ether oxygens (including phenoxy) is 2. The number of benzene rings is 2. The van der Waals surface area contributed by atoms with Gasteiger partial charge in [-0.2, -0.15) is 0 Å². The molecule has 1 aliphatic carbocycles. The van der Waals surface area contributed by atoms with Crippen LogP contribution in [0.2, 0.25) is 0 Å². The first kappa shape index (κ1) is 26.4. The predicted molar refractivity (Wildman–Crippen MR) is 141 cm³/mol. The SMILES string of the molecule is CCCCCOc1cc([Se]C#Cc2ccc(C(=O)OCC)cc2)c2c(c1)C(C)(C)CCC2(C)C. The van der Waals surface area contributed by atoms with Gasteiger partial charge in [0.05, 0.1) is 0 Å². The van der Waals surface area contributed by atoms with Crippen LogP contribution in [-0.4, -0.2) is 34.1 Å². The average molecular weight is 526 g/mol. The summed E-state index contributed by atoms with van der Waals surface area (Å²) in [6, 6.07) is 11.9. The van der Waals surface area contributed by atoms with Crippen molar-refractivity contribution >= 4 is 25.4 Å². The first-order valence-corrected chi connectivity index (χ1v) is 14.2. The summed E-state index contributed by atoms with van der Waals surface area (Å²) in [5.41, 5.74) is 4.63. The van der Waals surface area contributed by atoms with Gasteiger partial charge in [-0.05, 0) is 0 Å². The van der Waals surface area contributed by atoms with Gasteiger partial charge in [-0.25, -0.2) is 0 Å². The van der Waals surface area contributed by atoms with E-state index in [1.54, 1.807) is 12.1 Å². The standard InChI is InChI=1S/C30H38O3Se/c1-7-9-10-18-33-24-20-25-27(30(5,6)17-16-29(25,3)4)26(21-24)34-19-15-22-11-13-23(14-12-22)28(31)32-8-2/h11-14,20-21H,7-10,16-18H2,1-6H3. The van der Waals surface area contributed by atoms with Crippen LogP contribution in [0.15, 0.2) is 36.4 Å². The molecule has 182 valence electrons. The Morgan fingerprint density at radius 1 is 1.00 bits per heavy atom. The van der Waals surface area contributed by atoms with E-state index in [4.69, 9.17) is 9.47 Å². The van der Waals surface area contributed by atoms with Gasteiger partial charge in [0.15, 0.2) is 0 Å². The Hall–Kier alpha value is -2.21. The summed E-state index contributed by atoms with van der Waals surface area (Å²) >= 11 is -0.00260. The fraction of sp³-hybridized carbons (Fsp3) is 0.500. The number of fused-ring (bicyclic) bond motifs is 1. The zero-order valence-electron chi connectivity index (χ0n) is 21.5. The van der Waals surface area contributed by atoms with Crippen molar-refractivity contribution < 1.29 is 14.3 Å². The van der Waals surface area contributed by atoms with Gasteiger partial charge < -0.3 is 0 Å². The van der Waals surface area contributed by atoms with Gasteiger partial charge in [0.1, 0.15) is 0 Å². The molecule has 3 rings (SSSR count). The molecular formula is C30H38O3Se. The molecule has 0 aromatic heterocycles. The molecule has 2 aromatic carbocycles. The van der Waals surface area contributed by atoms with E-state index in [1.807, 2.05) is 19.1 Å². The van der Waals surface area contributed by atoms with Gasteiger partial charge in [-0.15, -0.1) is 0 Å². The molecule has 4 heteroatoms. The molecule has 0 N–H and O–H groups in total. The van der Waals surface area contributed by atoms with Crippen molar-refractivity contribution in [1.29, 1.82) is 0 Å². The Morgan fingerprint density at radius 2 is 1.71 bits per heavy atom. The number of carbonyl (C=O) groups is 1. The summed E-state index contributed by atoms with van der Waals surface area (Å²) in [7, 11) is 0. The van der Waals surface area contributed by atoms with Crippen LogP contribution >= 0.6 is 0 Å². The van der Waals surface area contributed by atoms with Crippen molar-refractivity contribution in [2.24, 2.45) is 0 Å². The third kappa shape index (κ3) is 6.47. The van der Waals surface area contributed by atoms with Crippen LogP contribution in [-0.2, 0) is 15.6 Å². The minimum atomic E-state index is -0.293. The van der Waals surface area contributed by atoms with E-state index in [0.29, 0.717) is 12.2 Å². The van der Waals surface area contributed by atoms with Crippen LogP contribution in [0.4, 0.5) is 0 Å². The quantitative estimate of drug-likeness (QED) is 0.180. The van der Waals surface area contributed by atoms with E-state index in [1.165, 1.54) is 41.3 Å². The minimum absolute atomic E-state index is 0.00260. The van der Waals surface area contributed by atoms with E-state index in [0.717, 1.165) is 24.3 Å². The number of hydrogen-bond acceptors (Lipinski definition) is 3. The van der Waals surface area contributed by atoms with Crippen molar-refractivity contribution in [2.45, 2.75) is 84.5 Å². The molecule has 0 saturated heterocycles. The summed E-state index contributed by atoms with van der Waals surface area (Å²) in [6.07, 6.45) is 5.83. The molecule has 0 amide bonds. The van der Waals surface area contributed by atoms with E-state index < -0.39 is 0 Å². The van der Waals surface area contributed by atoms with Gasteiger partial charge in [0.2, 0.25) is 0 Å². The third-order valence-corrected chi connectivity index (χ3v) is 8.19. The summed E-state index contributed by atoms with van der Waals surface area (Å²) < 4.78 is 12.6. The van der Waals surface area contributed by atoms with E-state index in [2.05, 4.69) is 57.5 Å². The molecule has 0 heterocycles. The molecule has 1 aliphatic rings. The molecular weight excluding hydrogens is 487 g/mol. The molecule has 0 saturated carbocycles. The van der Waals surface area contributed by atoms with Crippen molar-refractivity contribution in [3.8, 4) is 16.5 Å². The molecule has 0 radical (unpaired) electrons. The van der Waals surface area contributed by atoms with Crippen LogP contribution in [0.1, 0.15) is 101 Å². The summed E-state index contributed by atoms with van der Waals surface area (Å²) in [5, 5.41) is 0. The Kier molecular flexibility index (Phi) is 8.91. The second-order valence-electron chi connectivity index (χ2n) is 10.3. The van der Waals surface area contributed by atoms with E-state index >= 15 is 0 Å². The van der Waals surface area contributed by atoms with Gasteiger partial charge in [0, 0.05) is 0 Å². The topological polar surface area (TPSA) is 35.5 Å². The molecule has 0 spiro atoms. The van der Waals surface area contributed by atoms with Crippen LogP contribution in [0.5, 0.6) is 5.75 Å². The van der Waals surface area contributed by atoms with Crippen molar-refractivity contribution in [3.63, 3.8) is 0 Å². The zero-order chi connectivity index (χ0) is 24.8. The van der Waals surface area contributed by atoms with Crippen LogP contribution in [0.25, 0.3) is 0 Å². The van der Waals surface area contributed by atoms with Gasteiger partial charge in [-0.3, -0.25) is 0 Å². The molecule has 2 aromatic rings. The number of hydrogen-bond donors (Lipinski definition) is 0. The van der Waals surface area contributed by atoms with Crippen molar-refractivity contribution in [1.82, 2.24) is 0 Å². The molecule has 34 heavy (non-hydrogen) atoms. The number of carbonyl (C=O) groups excluding carboxylic acids is 1. The Bertz CT molecular complexity index is 1050. The van der Waals surface area contributed by atoms with Gasteiger partial charge in [-0.1, -0.05) is 0 Å². The maximum atomic E-state index is 11.9. The Balaban J connectivity index is 1.89. The maximum absolute atomic E-state index is 11.9. The normalized spacial score (nSPS) is 15.6. The number of rotatable bonds is 8. The number of unbranched alkanes of at least 4 members (excludes halogenated alkanes) is 2. The van der Waals surface area contributed by atoms with Crippen molar-refractivity contribution in [2.75, 3.05) is 13.2 Å². The second kappa shape index (κ2) is 11.5.